The van der Waals surface area contributed by atoms with Crippen LogP contribution in [-0.4, -0.2) is 24.3 Å². The van der Waals surface area contributed by atoms with Gasteiger partial charge < -0.3 is 9.30 Å². The summed E-state index contributed by atoms with van der Waals surface area (Å²) in [6, 6.07) is 11.1. The van der Waals surface area contributed by atoms with Crippen LogP contribution in [-0.2, 0) is 17.1 Å². The largest absolute Gasteiger partial charge is 0.573 e. The summed E-state index contributed by atoms with van der Waals surface area (Å²) >= 11 is 1.21. The van der Waals surface area contributed by atoms with E-state index in [9.17, 15) is 21.6 Å². The highest BCUT2D eigenvalue weighted by atomic mass is 32.2. The maximum Gasteiger partial charge on any atom is 0.573 e. The van der Waals surface area contributed by atoms with Crippen molar-refractivity contribution in [3.8, 4) is 5.75 Å². The minimum atomic E-state index is -5.02. The number of rotatable bonds is 6. The molecule has 0 saturated carbocycles. The molecule has 0 aliphatic rings. The summed E-state index contributed by atoms with van der Waals surface area (Å²) < 4.78 is 71.2. The maximum absolute atomic E-state index is 12.7. The van der Waals surface area contributed by atoms with Crippen molar-refractivity contribution in [2.24, 2.45) is 7.05 Å². The zero-order valence-corrected chi connectivity index (χ0v) is 16.0. The number of halogens is 3. The summed E-state index contributed by atoms with van der Waals surface area (Å²) in [5.74, 6) is -0.809. The molecule has 0 unspecified atom stereocenters. The van der Waals surface area contributed by atoms with Crippen LogP contribution in [0.1, 0.15) is 0 Å². The predicted octanol–water partition coefficient (Wildman–Crippen LogP) is 4.27. The molecule has 0 bridgehead atoms. The number of hydrogen-bond donors (Lipinski definition) is 1. The van der Waals surface area contributed by atoms with Gasteiger partial charge in [0.1, 0.15) is 10.6 Å². The molecule has 3 aromatic rings. The van der Waals surface area contributed by atoms with E-state index < -0.39 is 27.0 Å². The van der Waals surface area contributed by atoms with Gasteiger partial charge in [-0.3, -0.25) is 4.72 Å². The van der Waals surface area contributed by atoms with Gasteiger partial charge in [0, 0.05) is 24.3 Å². The molecule has 1 N–H and O–H groups in total. The zero-order valence-electron chi connectivity index (χ0n) is 14.3. The lowest BCUT2D eigenvalue weighted by molar-refractivity contribution is -0.275. The summed E-state index contributed by atoms with van der Waals surface area (Å²) in [7, 11) is -2.56. The highest BCUT2D eigenvalue weighted by molar-refractivity contribution is 7.99. The van der Waals surface area contributed by atoms with Crippen molar-refractivity contribution in [1.82, 2.24) is 9.55 Å². The Morgan fingerprint density at radius 2 is 1.79 bits per heavy atom. The number of anilines is 1. The molecule has 148 valence electrons. The van der Waals surface area contributed by atoms with Gasteiger partial charge in [-0.2, -0.15) is 0 Å². The number of hydrogen-bond acceptors (Lipinski definition) is 5. The SMILES string of the molecule is Cn1ccnc1Sc1ccccc1NS(=O)(=O)c1ccccc1OC(F)(F)F. The molecule has 1 aromatic heterocycles. The third-order valence-corrected chi connectivity index (χ3v) is 6.03. The van der Waals surface area contributed by atoms with Gasteiger partial charge in [-0.25, -0.2) is 13.4 Å². The van der Waals surface area contributed by atoms with E-state index in [1.54, 1.807) is 42.2 Å². The second-order valence-electron chi connectivity index (χ2n) is 5.52. The fraction of sp³-hybridized carbons (Fsp3) is 0.118. The summed E-state index contributed by atoms with van der Waals surface area (Å²) in [4.78, 5) is 4.08. The number of benzene rings is 2. The Morgan fingerprint density at radius 3 is 2.46 bits per heavy atom. The monoisotopic (exact) mass is 429 g/mol. The first-order chi connectivity index (χ1) is 13.2. The predicted molar refractivity (Wildman–Crippen MR) is 97.7 cm³/mol. The molecule has 0 fully saturated rings. The topological polar surface area (TPSA) is 73.2 Å². The molecule has 1 heterocycles. The number of aromatic nitrogens is 2. The standard InChI is InChI=1S/C17H14F3N3O3S2/c1-23-11-10-21-16(23)27-14-8-4-2-6-12(14)22-28(24,25)15-9-5-3-7-13(15)26-17(18,19)20/h2-11,22H,1H3. The van der Waals surface area contributed by atoms with Crippen LogP contribution >= 0.6 is 11.8 Å². The molecule has 0 saturated heterocycles. The van der Waals surface area contributed by atoms with Crippen LogP contribution in [0.3, 0.4) is 0 Å². The molecular weight excluding hydrogens is 415 g/mol. The molecule has 28 heavy (non-hydrogen) atoms. The minimum absolute atomic E-state index is 0.206. The number of nitrogens with one attached hydrogen (secondary N) is 1. The number of para-hydroxylation sites is 2. The molecule has 11 heteroatoms. The van der Waals surface area contributed by atoms with Gasteiger partial charge in [0.2, 0.25) is 0 Å². The Morgan fingerprint density at radius 1 is 1.11 bits per heavy atom. The van der Waals surface area contributed by atoms with E-state index in [1.807, 2.05) is 0 Å². The summed E-state index contributed by atoms with van der Waals surface area (Å²) in [6.45, 7) is 0. The number of sulfonamides is 1. The third kappa shape index (κ3) is 4.78. The second kappa shape index (κ2) is 7.76. The van der Waals surface area contributed by atoms with Crippen LogP contribution in [0.15, 0.2) is 75.9 Å². The van der Waals surface area contributed by atoms with Crippen molar-refractivity contribution in [3.05, 3.63) is 60.9 Å². The molecule has 6 nitrogen and oxygen atoms in total. The highest BCUT2D eigenvalue weighted by Crippen LogP contribution is 2.35. The zero-order chi connectivity index (χ0) is 20.4. The number of aryl methyl sites for hydroxylation is 1. The normalized spacial score (nSPS) is 12.0. The van der Waals surface area contributed by atoms with E-state index >= 15 is 0 Å². The molecule has 0 atom stereocenters. The maximum atomic E-state index is 12.7. The highest BCUT2D eigenvalue weighted by Gasteiger charge is 2.34. The lowest BCUT2D eigenvalue weighted by Crippen LogP contribution is -2.21. The van der Waals surface area contributed by atoms with Gasteiger partial charge in [-0.1, -0.05) is 24.3 Å². The van der Waals surface area contributed by atoms with Crippen LogP contribution in [0.4, 0.5) is 18.9 Å². The molecule has 0 amide bonds. The summed E-state index contributed by atoms with van der Waals surface area (Å²) in [5, 5.41) is 0.618. The van der Waals surface area contributed by atoms with Gasteiger partial charge in [0.15, 0.2) is 5.16 Å². The quantitative estimate of drug-likeness (QED) is 0.634. The first kappa shape index (κ1) is 20.1. The number of ether oxygens (including phenoxy) is 1. The van der Waals surface area contributed by atoms with Gasteiger partial charge in [0.05, 0.1) is 5.69 Å². The van der Waals surface area contributed by atoms with Crippen molar-refractivity contribution in [1.29, 1.82) is 0 Å². The van der Waals surface area contributed by atoms with Crippen molar-refractivity contribution < 1.29 is 26.3 Å². The van der Waals surface area contributed by atoms with E-state index in [-0.39, 0.29) is 5.69 Å². The summed E-state index contributed by atoms with van der Waals surface area (Å²) in [6.07, 6.45) is -1.68. The first-order valence-corrected chi connectivity index (χ1v) is 10.1. The minimum Gasteiger partial charge on any atom is -0.404 e. The van der Waals surface area contributed by atoms with Crippen LogP contribution in [0.2, 0.25) is 0 Å². The van der Waals surface area contributed by atoms with E-state index in [1.165, 1.54) is 30.0 Å². The van der Waals surface area contributed by atoms with Crippen LogP contribution < -0.4 is 9.46 Å². The average molecular weight is 429 g/mol. The molecule has 3 rings (SSSR count). The molecular formula is C17H14F3N3O3S2. The van der Waals surface area contributed by atoms with Crippen LogP contribution in [0.5, 0.6) is 5.75 Å². The van der Waals surface area contributed by atoms with Crippen molar-refractivity contribution in [2.75, 3.05) is 4.72 Å². The number of imidazole rings is 1. The van der Waals surface area contributed by atoms with Crippen LogP contribution in [0.25, 0.3) is 0 Å². The van der Waals surface area contributed by atoms with E-state index in [0.29, 0.717) is 10.1 Å². The van der Waals surface area contributed by atoms with Crippen molar-refractivity contribution in [2.45, 2.75) is 21.3 Å². The Kier molecular flexibility index (Phi) is 5.57. The fourth-order valence-corrected chi connectivity index (χ4v) is 4.43. The Bertz CT molecular complexity index is 1080. The third-order valence-electron chi connectivity index (χ3n) is 3.47. The lowest BCUT2D eigenvalue weighted by atomic mass is 10.3. The smallest absolute Gasteiger partial charge is 0.404 e. The average Bonchev–Trinajstić information content (AvgIpc) is 3.00. The van der Waals surface area contributed by atoms with Gasteiger partial charge in [-0.05, 0) is 36.0 Å². The van der Waals surface area contributed by atoms with Gasteiger partial charge in [-0.15, -0.1) is 13.2 Å². The van der Waals surface area contributed by atoms with Crippen molar-refractivity contribution >= 4 is 27.5 Å². The molecule has 0 radical (unpaired) electrons. The molecule has 0 aliphatic heterocycles. The Hall–Kier alpha value is -2.66. The van der Waals surface area contributed by atoms with E-state index in [0.717, 1.165) is 12.1 Å². The Labute approximate surface area is 163 Å². The number of alkyl halides is 3. The van der Waals surface area contributed by atoms with Gasteiger partial charge >= 0.3 is 6.36 Å². The van der Waals surface area contributed by atoms with Crippen molar-refractivity contribution in [3.63, 3.8) is 0 Å². The lowest BCUT2D eigenvalue weighted by Gasteiger charge is -2.15. The molecule has 0 aliphatic carbocycles. The Balaban J connectivity index is 1.93. The molecule has 0 spiro atoms. The summed E-state index contributed by atoms with van der Waals surface area (Å²) in [5.41, 5.74) is 0.206. The van der Waals surface area contributed by atoms with E-state index in [2.05, 4.69) is 14.4 Å². The van der Waals surface area contributed by atoms with E-state index in [4.69, 9.17) is 0 Å². The number of nitrogens with zero attached hydrogens (tertiary/aromatic N) is 2. The van der Waals surface area contributed by atoms with Gasteiger partial charge in [0.25, 0.3) is 10.0 Å². The fourth-order valence-electron chi connectivity index (χ4n) is 2.27. The first-order valence-electron chi connectivity index (χ1n) is 7.77. The second-order valence-corrected chi connectivity index (χ2v) is 8.18. The molecule has 2 aromatic carbocycles. The van der Waals surface area contributed by atoms with Crippen LogP contribution in [0, 0.1) is 0 Å².